The van der Waals surface area contributed by atoms with Gasteiger partial charge in [0.05, 0.1) is 12.0 Å². The van der Waals surface area contributed by atoms with Crippen molar-refractivity contribution in [3.8, 4) is 0 Å². The second-order valence-electron chi connectivity index (χ2n) is 5.65. The number of nitrogens with one attached hydrogen (secondary N) is 2. The van der Waals surface area contributed by atoms with Crippen LogP contribution in [0.3, 0.4) is 0 Å². The van der Waals surface area contributed by atoms with Gasteiger partial charge in [0, 0.05) is 44.3 Å². The largest absolute Gasteiger partial charge is 0.338 e. The van der Waals surface area contributed by atoms with E-state index < -0.39 is 0 Å². The average molecular weight is 304 g/mol. The quantitative estimate of drug-likeness (QED) is 0.810. The van der Waals surface area contributed by atoms with Crippen molar-refractivity contribution in [3.63, 3.8) is 0 Å². The number of aryl methyl sites for hydroxylation is 2. The van der Waals surface area contributed by atoms with E-state index in [4.69, 9.17) is 0 Å². The highest BCUT2D eigenvalue weighted by Gasteiger charge is 2.08. The monoisotopic (exact) mass is 304 g/mol. The van der Waals surface area contributed by atoms with Crippen LogP contribution in [0, 0.1) is 19.8 Å². The fourth-order valence-corrected chi connectivity index (χ4v) is 2.27. The fraction of sp³-hybridized carbons (Fsp3) is 0.533. The first-order chi connectivity index (χ1) is 10.5. The smallest absolute Gasteiger partial charge is 0.314 e. The van der Waals surface area contributed by atoms with E-state index in [-0.39, 0.29) is 6.03 Å². The molecule has 120 valence electrons. The number of carbonyl (C=O) groups is 1. The van der Waals surface area contributed by atoms with Crippen LogP contribution in [0.25, 0.3) is 0 Å². The second kappa shape index (κ2) is 7.63. The summed E-state index contributed by atoms with van der Waals surface area (Å²) < 4.78 is 3.91. The maximum absolute atomic E-state index is 11.7. The molecule has 1 atom stereocenters. The first kappa shape index (κ1) is 16.1. The van der Waals surface area contributed by atoms with Gasteiger partial charge in [0.15, 0.2) is 0 Å². The van der Waals surface area contributed by atoms with E-state index in [9.17, 15) is 4.79 Å². The molecule has 2 aromatic rings. The minimum absolute atomic E-state index is 0.139. The van der Waals surface area contributed by atoms with Gasteiger partial charge in [-0.25, -0.2) is 9.78 Å². The molecular formula is C15H24N6O. The van der Waals surface area contributed by atoms with Gasteiger partial charge in [0.2, 0.25) is 0 Å². The van der Waals surface area contributed by atoms with Crippen LogP contribution in [0.1, 0.15) is 18.3 Å². The van der Waals surface area contributed by atoms with Crippen LogP contribution in [0.5, 0.6) is 0 Å². The van der Waals surface area contributed by atoms with Gasteiger partial charge < -0.3 is 15.2 Å². The third-order valence-electron chi connectivity index (χ3n) is 3.41. The molecule has 2 N–H and O–H groups in total. The van der Waals surface area contributed by atoms with Crippen molar-refractivity contribution < 1.29 is 4.79 Å². The van der Waals surface area contributed by atoms with E-state index >= 15 is 0 Å². The van der Waals surface area contributed by atoms with Gasteiger partial charge in [-0.1, -0.05) is 6.92 Å². The summed E-state index contributed by atoms with van der Waals surface area (Å²) in [4.78, 5) is 15.7. The van der Waals surface area contributed by atoms with Crippen LogP contribution in [0.4, 0.5) is 4.79 Å². The highest BCUT2D eigenvalue weighted by atomic mass is 16.2. The lowest BCUT2D eigenvalue weighted by molar-refractivity contribution is 0.238. The maximum Gasteiger partial charge on any atom is 0.314 e. The van der Waals surface area contributed by atoms with Crippen molar-refractivity contribution in [3.05, 3.63) is 36.2 Å². The lowest BCUT2D eigenvalue weighted by atomic mass is 10.2. The van der Waals surface area contributed by atoms with Crippen LogP contribution in [0.15, 0.2) is 24.8 Å². The van der Waals surface area contributed by atoms with Crippen LogP contribution in [-0.4, -0.2) is 38.5 Å². The van der Waals surface area contributed by atoms with Crippen molar-refractivity contribution in [1.29, 1.82) is 0 Å². The van der Waals surface area contributed by atoms with Crippen molar-refractivity contribution in [2.75, 3.05) is 13.1 Å². The molecule has 2 aromatic heterocycles. The second-order valence-corrected chi connectivity index (χ2v) is 5.65. The van der Waals surface area contributed by atoms with E-state index in [2.05, 4.69) is 33.7 Å². The minimum Gasteiger partial charge on any atom is -0.338 e. The van der Waals surface area contributed by atoms with Crippen LogP contribution in [-0.2, 0) is 13.1 Å². The summed E-state index contributed by atoms with van der Waals surface area (Å²) in [6, 6.07) is 1.92. The van der Waals surface area contributed by atoms with Crippen molar-refractivity contribution in [2.45, 2.75) is 33.9 Å². The Labute approximate surface area is 130 Å². The third kappa shape index (κ3) is 4.91. The zero-order chi connectivity index (χ0) is 15.9. The van der Waals surface area contributed by atoms with Gasteiger partial charge in [0.1, 0.15) is 0 Å². The summed E-state index contributed by atoms with van der Waals surface area (Å²) in [6.07, 6.45) is 5.33. The number of rotatable bonds is 7. The van der Waals surface area contributed by atoms with Crippen LogP contribution < -0.4 is 10.6 Å². The summed E-state index contributed by atoms with van der Waals surface area (Å²) in [5.41, 5.74) is 2.17. The standard InChI is InChI=1S/C15H24N6O/c1-12(10-21-14(3)8-13(2)19-21)9-18-15(22)17-5-7-20-6-4-16-11-20/h4,6,8,11-12H,5,7,9-10H2,1-3H3,(H2,17,18,22). The molecule has 0 fully saturated rings. The van der Waals surface area contributed by atoms with Gasteiger partial charge in [-0.2, -0.15) is 5.10 Å². The zero-order valence-electron chi connectivity index (χ0n) is 13.4. The molecule has 7 heteroatoms. The summed E-state index contributed by atoms with van der Waals surface area (Å²) >= 11 is 0. The van der Waals surface area contributed by atoms with Gasteiger partial charge in [-0.3, -0.25) is 4.68 Å². The Balaban J connectivity index is 1.64. The number of aromatic nitrogens is 4. The molecule has 0 bridgehead atoms. The fourth-order valence-electron chi connectivity index (χ4n) is 2.27. The topological polar surface area (TPSA) is 76.8 Å². The molecule has 0 saturated carbocycles. The number of carbonyl (C=O) groups excluding carboxylic acids is 1. The third-order valence-corrected chi connectivity index (χ3v) is 3.41. The predicted octanol–water partition coefficient (Wildman–Crippen LogP) is 1.33. The Morgan fingerprint density at radius 2 is 2.18 bits per heavy atom. The van der Waals surface area contributed by atoms with Crippen molar-refractivity contribution in [1.82, 2.24) is 30.0 Å². The lowest BCUT2D eigenvalue weighted by Gasteiger charge is -2.14. The Morgan fingerprint density at radius 3 is 2.82 bits per heavy atom. The molecule has 0 spiro atoms. The van der Waals surface area contributed by atoms with Crippen molar-refractivity contribution >= 4 is 6.03 Å². The van der Waals surface area contributed by atoms with E-state index in [1.165, 1.54) is 0 Å². The highest BCUT2D eigenvalue weighted by molar-refractivity contribution is 5.73. The Bertz CT molecular complexity index is 589. The summed E-state index contributed by atoms with van der Waals surface area (Å²) in [5.74, 6) is 0.317. The molecule has 0 aliphatic heterocycles. The molecule has 0 aromatic carbocycles. The molecule has 0 aliphatic carbocycles. The molecule has 1 unspecified atom stereocenters. The highest BCUT2D eigenvalue weighted by Crippen LogP contribution is 2.05. The SMILES string of the molecule is Cc1cc(C)n(CC(C)CNC(=O)NCCn2ccnc2)n1. The van der Waals surface area contributed by atoms with E-state index in [0.717, 1.165) is 17.9 Å². The number of hydrogen-bond acceptors (Lipinski definition) is 3. The predicted molar refractivity (Wildman–Crippen MR) is 84.5 cm³/mol. The average Bonchev–Trinajstić information content (AvgIpc) is 3.07. The van der Waals surface area contributed by atoms with Gasteiger partial charge >= 0.3 is 6.03 Å². The first-order valence-electron chi connectivity index (χ1n) is 7.53. The van der Waals surface area contributed by atoms with Crippen LogP contribution in [0.2, 0.25) is 0 Å². The molecule has 2 heterocycles. The van der Waals surface area contributed by atoms with Crippen molar-refractivity contribution in [2.24, 2.45) is 5.92 Å². The number of imidazole rings is 1. The lowest BCUT2D eigenvalue weighted by Crippen LogP contribution is -2.39. The van der Waals surface area contributed by atoms with E-state index in [0.29, 0.717) is 25.6 Å². The number of hydrogen-bond donors (Lipinski definition) is 2. The van der Waals surface area contributed by atoms with Gasteiger partial charge in [-0.05, 0) is 25.8 Å². The van der Waals surface area contributed by atoms with Crippen LogP contribution >= 0.6 is 0 Å². The minimum atomic E-state index is -0.139. The molecule has 0 saturated heterocycles. The van der Waals surface area contributed by atoms with Gasteiger partial charge in [0.25, 0.3) is 0 Å². The van der Waals surface area contributed by atoms with E-state index in [1.54, 1.807) is 12.5 Å². The molecule has 7 nitrogen and oxygen atoms in total. The zero-order valence-corrected chi connectivity index (χ0v) is 13.4. The molecule has 22 heavy (non-hydrogen) atoms. The Morgan fingerprint density at radius 1 is 1.36 bits per heavy atom. The molecular weight excluding hydrogens is 280 g/mol. The summed E-state index contributed by atoms with van der Waals surface area (Å²) in [7, 11) is 0. The summed E-state index contributed by atoms with van der Waals surface area (Å²) in [6.45, 7) is 8.85. The normalized spacial score (nSPS) is 12.1. The number of urea groups is 1. The molecule has 0 aliphatic rings. The number of amides is 2. The molecule has 2 amide bonds. The Kier molecular flexibility index (Phi) is 5.57. The number of nitrogens with zero attached hydrogens (tertiary/aromatic N) is 4. The Hall–Kier alpha value is -2.31. The summed E-state index contributed by atoms with van der Waals surface area (Å²) in [5, 5.41) is 10.2. The van der Waals surface area contributed by atoms with Gasteiger partial charge in [-0.15, -0.1) is 0 Å². The first-order valence-corrected chi connectivity index (χ1v) is 7.53. The maximum atomic E-state index is 11.7. The molecule has 2 rings (SSSR count). The van der Waals surface area contributed by atoms with E-state index in [1.807, 2.05) is 29.3 Å². The molecule has 0 radical (unpaired) electrons.